The van der Waals surface area contributed by atoms with Crippen LogP contribution < -0.4 is 4.90 Å². The average Bonchev–Trinajstić information content (AvgIpc) is 3.09. The quantitative estimate of drug-likeness (QED) is 0.568. The van der Waals surface area contributed by atoms with Gasteiger partial charge in [0.1, 0.15) is 5.52 Å². The Labute approximate surface area is 152 Å². The topological polar surface area (TPSA) is 50.3 Å². The van der Waals surface area contributed by atoms with E-state index in [4.69, 9.17) is 11.6 Å². The Morgan fingerprint density at radius 1 is 1.21 bits per heavy atom. The molecule has 2 amide bonds. The standard InChI is InChI=1S/C17H15ClN2O2S2/c1-2-23-17-19-13-12(24-17)8-7-11(18)14(13)20-15(21)9-5-3-4-6-10(9)16(20)22/h7-8H,2-6H2,1H3. The summed E-state index contributed by atoms with van der Waals surface area (Å²) in [4.78, 5) is 31.6. The summed E-state index contributed by atoms with van der Waals surface area (Å²) in [6.07, 6.45) is 3.27. The number of thiazole rings is 1. The monoisotopic (exact) mass is 378 g/mol. The third-order valence-corrected chi connectivity index (χ3v) is 6.70. The van der Waals surface area contributed by atoms with Crippen LogP contribution in [0.15, 0.2) is 27.6 Å². The van der Waals surface area contributed by atoms with Gasteiger partial charge in [0.2, 0.25) is 0 Å². The third-order valence-electron chi connectivity index (χ3n) is 4.35. The summed E-state index contributed by atoms with van der Waals surface area (Å²) in [6.45, 7) is 2.07. The zero-order valence-corrected chi connectivity index (χ0v) is 15.5. The third kappa shape index (κ3) is 2.39. The van der Waals surface area contributed by atoms with E-state index in [1.165, 1.54) is 4.90 Å². The molecule has 0 radical (unpaired) electrons. The first-order chi connectivity index (χ1) is 11.6. The molecule has 24 heavy (non-hydrogen) atoms. The highest BCUT2D eigenvalue weighted by Gasteiger charge is 2.41. The molecule has 1 aromatic heterocycles. The van der Waals surface area contributed by atoms with Crippen molar-refractivity contribution in [2.75, 3.05) is 10.7 Å². The number of hydrogen-bond donors (Lipinski definition) is 0. The molecule has 0 fully saturated rings. The lowest BCUT2D eigenvalue weighted by atomic mass is 9.93. The highest BCUT2D eigenvalue weighted by molar-refractivity contribution is 8.01. The number of imide groups is 1. The van der Waals surface area contributed by atoms with Crippen molar-refractivity contribution in [2.24, 2.45) is 0 Å². The maximum atomic E-state index is 12.8. The van der Waals surface area contributed by atoms with Gasteiger partial charge in [-0.05, 0) is 43.6 Å². The Morgan fingerprint density at radius 3 is 2.50 bits per heavy atom. The van der Waals surface area contributed by atoms with Crippen LogP contribution in [-0.2, 0) is 9.59 Å². The first-order valence-corrected chi connectivity index (χ1v) is 10.1. The Bertz CT molecular complexity index is 875. The molecule has 124 valence electrons. The fourth-order valence-corrected chi connectivity index (χ4v) is 5.47. The predicted octanol–water partition coefficient (Wildman–Crippen LogP) is 4.81. The van der Waals surface area contributed by atoms with Crippen molar-refractivity contribution in [1.82, 2.24) is 4.98 Å². The van der Waals surface area contributed by atoms with E-state index < -0.39 is 0 Å². The molecule has 7 heteroatoms. The molecule has 0 spiro atoms. The number of hydrogen-bond acceptors (Lipinski definition) is 5. The summed E-state index contributed by atoms with van der Waals surface area (Å²) in [5.74, 6) is 0.476. The summed E-state index contributed by atoms with van der Waals surface area (Å²) in [5, 5.41) is 0.391. The van der Waals surface area contributed by atoms with E-state index in [-0.39, 0.29) is 11.8 Å². The summed E-state index contributed by atoms with van der Waals surface area (Å²) in [6, 6.07) is 3.65. The van der Waals surface area contributed by atoms with Gasteiger partial charge in [0, 0.05) is 11.1 Å². The van der Waals surface area contributed by atoms with Crippen LogP contribution in [0.5, 0.6) is 0 Å². The molecule has 4 rings (SSSR count). The zero-order chi connectivity index (χ0) is 16.8. The molecule has 2 aliphatic rings. The van der Waals surface area contributed by atoms with E-state index in [1.807, 2.05) is 6.07 Å². The highest BCUT2D eigenvalue weighted by Crippen LogP contribution is 2.43. The second-order valence-electron chi connectivity index (χ2n) is 5.77. The summed E-state index contributed by atoms with van der Waals surface area (Å²) in [7, 11) is 0. The smallest absolute Gasteiger partial charge is 0.261 e. The SMILES string of the molecule is CCSc1nc2c(N3C(=O)C4=C(CCCC4)C3=O)c(Cl)ccc2s1. The minimum Gasteiger partial charge on any atom is -0.269 e. The first-order valence-electron chi connectivity index (χ1n) is 7.94. The van der Waals surface area contributed by atoms with Crippen molar-refractivity contribution in [3.8, 4) is 0 Å². The lowest BCUT2D eigenvalue weighted by molar-refractivity contribution is -0.120. The van der Waals surface area contributed by atoms with E-state index >= 15 is 0 Å². The largest absolute Gasteiger partial charge is 0.269 e. The van der Waals surface area contributed by atoms with Crippen LogP contribution in [-0.4, -0.2) is 22.6 Å². The second kappa shape index (κ2) is 6.17. The van der Waals surface area contributed by atoms with Crippen LogP contribution in [0.2, 0.25) is 5.02 Å². The van der Waals surface area contributed by atoms with Crippen LogP contribution >= 0.6 is 34.7 Å². The predicted molar refractivity (Wildman–Crippen MR) is 99.0 cm³/mol. The van der Waals surface area contributed by atoms with Gasteiger partial charge in [-0.1, -0.05) is 30.3 Å². The fraction of sp³-hybridized carbons (Fsp3) is 0.353. The molecule has 0 atom stereocenters. The van der Waals surface area contributed by atoms with Gasteiger partial charge in [0.05, 0.1) is 15.4 Å². The molecule has 0 saturated carbocycles. The van der Waals surface area contributed by atoms with Crippen molar-refractivity contribution in [3.63, 3.8) is 0 Å². The van der Waals surface area contributed by atoms with Gasteiger partial charge >= 0.3 is 0 Å². The molecular formula is C17H15ClN2O2S2. The van der Waals surface area contributed by atoms with Crippen LogP contribution in [0, 0.1) is 0 Å². The number of anilines is 1. The van der Waals surface area contributed by atoms with E-state index in [0.29, 0.717) is 40.2 Å². The number of fused-ring (bicyclic) bond motifs is 1. The number of aromatic nitrogens is 1. The number of thioether (sulfide) groups is 1. The Balaban J connectivity index is 1.86. The number of nitrogens with zero attached hydrogens (tertiary/aromatic N) is 2. The lowest BCUT2D eigenvalue weighted by Gasteiger charge is -2.17. The molecule has 0 saturated heterocycles. The molecule has 0 bridgehead atoms. The van der Waals surface area contributed by atoms with Crippen molar-refractivity contribution in [1.29, 1.82) is 0 Å². The second-order valence-corrected chi connectivity index (χ2v) is 8.71. The van der Waals surface area contributed by atoms with Gasteiger partial charge in [-0.3, -0.25) is 9.59 Å². The van der Waals surface area contributed by atoms with Crippen molar-refractivity contribution in [3.05, 3.63) is 28.3 Å². The van der Waals surface area contributed by atoms with E-state index in [2.05, 4.69) is 11.9 Å². The first kappa shape index (κ1) is 16.1. The summed E-state index contributed by atoms with van der Waals surface area (Å²) >= 11 is 9.60. The number of benzene rings is 1. The van der Waals surface area contributed by atoms with Crippen LogP contribution in [0.3, 0.4) is 0 Å². The lowest BCUT2D eigenvalue weighted by Crippen LogP contribution is -2.32. The molecule has 2 aromatic rings. The number of carbonyl (C=O) groups excluding carboxylic acids is 2. The summed E-state index contributed by atoms with van der Waals surface area (Å²) in [5.41, 5.74) is 2.41. The van der Waals surface area contributed by atoms with Gasteiger partial charge in [0.25, 0.3) is 11.8 Å². The van der Waals surface area contributed by atoms with Crippen LogP contribution in [0.4, 0.5) is 5.69 Å². The molecular weight excluding hydrogens is 364 g/mol. The Hall–Kier alpha value is -1.37. The maximum Gasteiger partial charge on any atom is 0.261 e. The zero-order valence-electron chi connectivity index (χ0n) is 13.1. The minimum atomic E-state index is -0.221. The molecule has 0 N–H and O–H groups in total. The molecule has 1 aliphatic heterocycles. The Morgan fingerprint density at radius 2 is 1.88 bits per heavy atom. The van der Waals surface area contributed by atoms with Gasteiger partial charge in [-0.2, -0.15) is 0 Å². The van der Waals surface area contributed by atoms with Gasteiger partial charge in [-0.25, -0.2) is 9.88 Å². The van der Waals surface area contributed by atoms with Gasteiger partial charge < -0.3 is 0 Å². The fourth-order valence-electron chi connectivity index (χ4n) is 3.28. The van der Waals surface area contributed by atoms with E-state index in [1.54, 1.807) is 29.2 Å². The molecule has 1 aliphatic carbocycles. The molecule has 1 aromatic carbocycles. The highest BCUT2D eigenvalue weighted by atomic mass is 35.5. The normalized spacial score (nSPS) is 18.0. The van der Waals surface area contributed by atoms with E-state index in [9.17, 15) is 9.59 Å². The molecule has 0 unspecified atom stereocenters. The van der Waals surface area contributed by atoms with Crippen LogP contribution in [0.25, 0.3) is 10.2 Å². The average molecular weight is 379 g/mol. The number of halogens is 1. The van der Waals surface area contributed by atoms with Gasteiger partial charge in [-0.15, -0.1) is 11.3 Å². The van der Waals surface area contributed by atoms with Crippen molar-refractivity contribution >= 4 is 62.4 Å². The van der Waals surface area contributed by atoms with Crippen molar-refractivity contribution in [2.45, 2.75) is 36.9 Å². The van der Waals surface area contributed by atoms with Crippen LogP contribution in [0.1, 0.15) is 32.6 Å². The molecule has 4 nitrogen and oxygen atoms in total. The van der Waals surface area contributed by atoms with E-state index in [0.717, 1.165) is 27.6 Å². The number of carbonyl (C=O) groups is 2. The Kier molecular flexibility index (Phi) is 4.14. The number of rotatable bonds is 3. The van der Waals surface area contributed by atoms with Gasteiger partial charge in [0.15, 0.2) is 4.34 Å². The molecule has 2 heterocycles. The minimum absolute atomic E-state index is 0.221. The van der Waals surface area contributed by atoms with Crippen molar-refractivity contribution < 1.29 is 9.59 Å². The summed E-state index contributed by atoms with van der Waals surface area (Å²) < 4.78 is 1.86. The number of amides is 2. The maximum absolute atomic E-state index is 12.8.